The summed E-state index contributed by atoms with van der Waals surface area (Å²) in [5, 5.41) is 9.18. The van der Waals surface area contributed by atoms with Crippen LogP contribution in [0.15, 0.2) is 17.1 Å². The predicted octanol–water partition coefficient (Wildman–Crippen LogP) is 1.43. The number of carbonyl (C=O) groups is 2. The summed E-state index contributed by atoms with van der Waals surface area (Å²) in [6.45, 7) is 6.64. The third-order valence-electron chi connectivity index (χ3n) is 2.42. The Kier molecular flexibility index (Phi) is 3.40. The standard InChI is InChI=1S/C12H17NO4/c1-11(2,3)17-9(14)8-12(4,10(15)16)6-5-7-13-8/h5-8H,1-4H3,(H,15,16). The van der Waals surface area contributed by atoms with Gasteiger partial charge in [0.25, 0.3) is 0 Å². The molecule has 0 aromatic rings. The molecule has 0 radical (unpaired) electrons. The molecule has 17 heavy (non-hydrogen) atoms. The first-order valence-electron chi connectivity index (χ1n) is 5.34. The van der Waals surface area contributed by atoms with Gasteiger partial charge in [0.15, 0.2) is 6.04 Å². The maximum Gasteiger partial charge on any atom is 0.332 e. The molecule has 1 heterocycles. The molecule has 0 bridgehead atoms. The number of aliphatic imine (C=N–C) groups is 1. The maximum atomic E-state index is 11.9. The third kappa shape index (κ3) is 2.93. The van der Waals surface area contributed by atoms with Crippen LogP contribution in [0.4, 0.5) is 0 Å². The van der Waals surface area contributed by atoms with Crippen molar-refractivity contribution in [3.63, 3.8) is 0 Å². The van der Waals surface area contributed by atoms with Crippen LogP contribution in [0.2, 0.25) is 0 Å². The SMILES string of the molecule is CC(C)(C)OC(=O)C1N=CC=CC1(C)C(=O)O. The van der Waals surface area contributed by atoms with Crippen molar-refractivity contribution < 1.29 is 19.4 Å². The van der Waals surface area contributed by atoms with Crippen molar-refractivity contribution in [2.24, 2.45) is 10.4 Å². The van der Waals surface area contributed by atoms with Gasteiger partial charge < -0.3 is 9.84 Å². The van der Waals surface area contributed by atoms with Crippen molar-refractivity contribution >= 4 is 18.2 Å². The zero-order valence-electron chi connectivity index (χ0n) is 10.4. The van der Waals surface area contributed by atoms with Crippen LogP contribution in [-0.4, -0.2) is 34.9 Å². The van der Waals surface area contributed by atoms with E-state index in [2.05, 4.69) is 4.99 Å². The van der Waals surface area contributed by atoms with E-state index in [0.717, 1.165) is 0 Å². The van der Waals surface area contributed by atoms with Gasteiger partial charge in [-0.1, -0.05) is 6.08 Å². The summed E-state index contributed by atoms with van der Waals surface area (Å²) < 4.78 is 5.17. The summed E-state index contributed by atoms with van der Waals surface area (Å²) in [7, 11) is 0. The fraction of sp³-hybridized carbons (Fsp3) is 0.583. The molecule has 0 spiro atoms. The van der Waals surface area contributed by atoms with E-state index >= 15 is 0 Å². The molecule has 5 nitrogen and oxygen atoms in total. The summed E-state index contributed by atoms with van der Waals surface area (Å²) in [6, 6.07) is -1.04. The Morgan fingerprint density at radius 3 is 2.47 bits per heavy atom. The molecule has 2 unspecified atom stereocenters. The predicted molar refractivity (Wildman–Crippen MR) is 63.0 cm³/mol. The first-order chi connectivity index (χ1) is 7.67. The Hall–Kier alpha value is -1.65. The fourth-order valence-corrected chi connectivity index (χ4v) is 1.48. The molecular weight excluding hydrogens is 222 g/mol. The van der Waals surface area contributed by atoms with Gasteiger partial charge in [-0.3, -0.25) is 9.79 Å². The van der Waals surface area contributed by atoms with E-state index in [1.54, 1.807) is 20.8 Å². The van der Waals surface area contributed by atoms with Crippen LogP contribution in [0, 0.1) is 5.41 Å². The molecule has 0 fully saturated rings. The molecule has 0 saturated heterocycles. The normalized spacial score (nSPS) is 27.9. The summed E-state index contributed by atoms with van der Waals surface area (Å²) in [4.78, 5) is 27.0. The number of esters is 1. The van der Waals surface area contributed by atoms with Crippen LogP contribution in [0.1, 0.15) is 27.7 Å². The van der Waals surface area contributed by atoms with E-state index in [0.29, 0.717) is 0 Å². The number of aliphatic carboxylic acids is 1. The van der Waals surface area contributed by atoms with Gasteiger partial charge in [-0.05, 0) is 33.8 Å². The number of nitrogens with zero attached hydrogens (tertiary/aromatic N) is 1. The summed E-state index contributed by atoms with van der Waals surface area (Å²) in [6.07, 6.45) is 4.39. The number of dihydropyridines is 1. The Morgan fingerprint density at radius 1 is 1.41 bits per heavy atom. The second-order valence-electron chi connectivity index (χ2n) is 5.18. The van der Waals surface area contributed by atoms with E-state index in [9.17, 15) is 14.7 Å². The summed E-state index contributed by atoms with van der Waals surface area (Å²) in [5.74, 6) is -1.72. The second kappa shape index (κ2) is 4.31. The van der Waals surface area contributed by atoms with Crippen LogP contribution in [-0.2, 0) is 14.3 Å². The lowest BCUT2D eigenvalue weighted by atomic mass is 9.81. The molecule has 1 aliphatic rings. The molecule has 0 amide bonds. The summed E-state index contributed by atoms with van der Waals surface area (Å²) in [5.41, 5.74) is -2.01. The largest absolute Gasteiger partial charge is 0.481 e. The Morgan fingerprint density at radius 2 is 2.00 bits per heavy atom. The Bertz CT molecular complexity index is 392. The number of carboxylic acid groups (broad SMARTS) is 1. The molecular formula is C12H17NO4. The number of hydrogen-bond donors (Lipinski definition) is 1. The van der Waals surface area contributed by atoms with Gasteiger partial charge in [-0.15, -0.1) is 0 Å². The lowest BCUT2D eigenvalue weighted by Crippen LogP contribution is -2.46. The number of carbonyl (C=O) groups excluding carboxylic acids is 1. The smallest absolute Gasteiger partial charge is 0.332 e. The molecule has 94 valence electrons. The van der Waals surface area contributed by atoms with Crippen molar-refractivity contribution in [2.75, 3.05) is 0 Å². The van der Waals surface area contributed by atoms with Gasteiger partial charge >= 0.3 is 11.9 Å². The number of rotatable bonds is 2. The maximum absolute atomic E-state index is 11.9. The molecule has 2 atom stereocenters. The molecule has 0 aromatic carbocycles. The fourth-order valence-electron chi connectivity index (χ4n) is 1.48. The molecule has 1 rings (SSSR count). The van der Waals surface area contributed by atoms with Crippen molar-refractivity contribution in [2.45, 2.75) is 39.3 Å². The molecule has 1 N–H and O–H groups in total. The summed E-state index contributed by atoms with van der Waals surface area (Å²) >= 11 is 0. The zero-order chi connectivity index (χ0) is 13.3. The topological polar surface area (TPSA) is 76.0 Å². The number of ether oxygens (including phenoxy) is 1. The second-order valence-corrected chi connectivity index (χ2v) is 5.18. The first-order valence-corrected chi connectivity index (χ1v) is 5.34. The van der Waals surface area contributed by atoms with E-state index < -0.39 is 29.0 Å². The molecule has 0 aromatic heterocycles. The van der Waals surface area contributed by atoms with Gasteiger partial charge in [0.1, 0.15) is 11.0 Å². The highest BCUT2D eigenvalue weighted by molar-refractivity contribution is 5.92. The van der Waals surface area contributed by atoms with Crippen molar-refractivity contribution in [1.82, 2.24) is 0 Å². The van der Waals surface area contributed by atoms with E-state index in [4.69, 9.17) is 4.74 Å². The minimum Gasteiger partial charge on any atom is -0.481 e. The van der Waals surface area contributed by atoms with Crippen molar-refractivity contribution in [3.8, 4) is 0 Å². The average Bonchev–Trinajstić information content (AvgIpc) is 2.15. The van der Waals surface area contributed by atoms with Gasteiger partial charge in [0, 0.05) is 6.21 Å². The molecule has 1 aliphatic heterocycles. The van der Waals surface area contributed by atoms with E-state index in [-0.39, 0.29) is 0 Å². The van der Waals surface area contributed by atoms with Gasteiger partial charge in [-0.25, -0.2) is 4.79 Å². The minimum absolute atomic E-state index is 0.622. The van der Waals surface area contributed by atoms with E-state index in [1.807, 2.05) is 0 Å². The Balaban J connectivity index is 2.96. The van der Waals surface area contributed by atoms with Crippen molar-refractivity contribution in [1.29, 1.82) is 0 Å². The monoisotopic (exact) mass is 239 g/mol. The highest BCUT2D eigenvalue weighted by Gasteiger charge is 2.46. The first kappa shape index (κ1) is 13.4. The highest BCUT2D eigenvalue weighted by Crippen LogP contribution is 2.30. The lowest BCUT2D eigenvalue weighted by molar-refractivity contribution is -0.164. The van der Waals surface area contributed by atoms with Gasteiger partial charge in [0.05, 0.1) is 0 Å². The average molecular weight is 239 g/mol. The number of allylic oxidation sites excluding steroid dienone is 1. The van der Waals surface area contributed by atoms with Crippen LogP contribution < -0.4 is 0 Å². The number of hydrogen-bond acceptors (Lipinski definition) is 4. The lowest BCUT2D eigenvalue weighted by Gasteiger charge is -2.31. The van der Waals surface area contributed by atoms with E-state index in [1.165, 1.54) is 25.3 Å². The van der Waals surface area contributed by atoms with Gasteiger partial charge in [0.2, 0.25) is 0 Å². The van der Waals surface area contributed by atoms with Crippen LogP contribution >= 0.6 is 0 Å². The molecule has 0 saturated carbocycles. The quantitative estimate of drug-likeness (QED) is 0.739. The highest BCUT2D eigenvalue weighted by atomic mass is 16.6. The minimum atomic E-state index is -1.35. The van der Waals surface area contributed by atoms with Gasteiger partial charge in [-0.2, -0.15) is 0 Å². The third-order valence-corrected chi connectivity index (χ3v) is 2.42. The zero-order valence-corrected chi connectivity index (χ0v) is 10.4. The molecule has 5 heteroatoms. The van der Waals surface area contributed by atoms with Crippen LogP contribution in [0.3, 0.4) is 0 Å². The van der Waals surface area contributed by atoms with Crippen LogP contribution in [0.5, 0.6) is 0 Å². The Labute approximate surface area is 100 Å². The molecule has 0 aliphatic carbocycles. The van der Waals surface area contributed by atoms with Crippen LogP contribution in [0.25, 0.3) is 0 Å². The number of carboxylic acids is 1. The van der Waals surface area contributed by atoms with Crippen molar-refractivity contribution in [3.05, 3.63) is 12.2 Å².